The van der Waals surface area contributed by atoms with Crippen LogP contribution in [0.1, 0.15) is 13.3 Å². The summed E-state index contributed by atoms with van der Waals surface area (Å²) in [6.07, 6.45) is 0.978. The van der Waals surface area contributed by atoms with Crippen LogP contribution in [0.2, 0.25) is 25.7 Å². The molecule has 0 bridgehead atoms. The molecule has 0 radical (unpaired) electrons. The zero-order chi connectivity index (χ0) is 14.7. The Kier molecular flexibility index (Phi) is 13.8. The van der Waals surface area contributed by atoms with E-state index in [-0.39, 0.29) is 0 Å². The van der Waals surface area contributed by atoms with Crippen LogP contribution in [-0.4, -0.2) is 49.1 Å². The quantitative estimate of drug-likeness (QED) is 0.496. The van der Waals surface area contributed by atoms with Crippen LogP contribution in [0.25, 0.3) is 0 Å². The molecule has 112 valence electrons. The second-order valence-corrected chi connectivity index (χ2v) is 13.5. The van der Waals surface area contributed by atoms with E-state index < -0.39 is 16.9 Å². The van der Waals surface area contributed by atoms with Gasteiger partial charge in [-0.05, 0) is 39.0 Å². The topological polar surface area (TPSA) is 27.7 Å². The van der Waals surface area contributed by atoms with Gasteiger partial charge in [-0.25, -0.2) is 0 Å². The summed E-state index contributed by atoms with van der Waals surface area (Å²) < 4.78 is 15.9. The van der Waals surface area contributed by atoms with Crippen LogP contribution in [0.4, 0.5) is 0 Å². The lowest BCUT2D eigenvalue weighted by Crippen LogP contribution is -2.35. The summed E-state index contributed by atoms with van der Waals surface area (Å²) in [5, 5.41) is 0. The van der Waals surface area contributed by atoms with E-state index in [1.807, 2.05) is 13.5 Å². The summed E-state index contributed by atoms with van der Waals surface area (Å²) in [7, 11) is 0.182. The van der Waals surface area contributed by atoms with Crippen LogP contribution in [0.3, 0.4) is 0 Å². The SMILES string of the molecule is CCO[Si](C)(C)CCl.CO[Si](C)(CCCCl)OC. The van der Waals surface area contributed by atoms with Crippen LogP contribution in [-0.2, 0) is 13.3 Å². The Bertz CT molecular complexity index is 191. The van der Waals surface area contributed by atoms with E-state index in [4.69, 9.17) is 36.5 Å². The van der Waals surface area contributed by atoms with Crippen molar-refractivity contribution in [1.29, 1.82) is 0 Å². The molecule has 0 spiro atoms. The summed E-state index contributed by atoms with van der Waals surface area (Å²) >= 11 is 11.1. The highest BCUT2D eigenvalue weighted by Crippen LogP contribution is 2.13. The van der Waals surface area contributed by atoms with E-state index in [0.717, 1.165) is 19.1 Å². The number of hydrogen-bond donors (Lipinski definition) is 0. The third kappa shape index (κ3) is 12.0. The van der Waals surface area contributed by atoms with E-state index in [9.17, 15) is 0 Å². The molecule has 7 heteroatoms. The molecule has 0 aliphatic carbocycles. The van der Waals surface area contributed by atoms with Gasteiger partial charge in [0.25, 0.3) is 0 Å². The standard InChI is InChI=1S/C6H15ClO2Si.C5H13ClOSi/c1-8-10(3,9-2)6-4-5-7;1-4-7-8(2,3)5-6/h4-6H2,1-3H3;4-5H2,1-3H3. The first-order valence-corrected chi connectivity index (χ1v) is 12.9. The van der Waals surface area contributed by atoms with Crippen LogP contribution in [0, 0.1) is 0 Å². The Hall–Kier alpha value is 0.894. The lowest BCUT2D eigenvalue weighted by molar-refractivity contribution is 0.249. The molecule has 18 heavy (non-hydrogen) atoms. The first-order valence-electron chi connectivity index (χ1n) is 6.17. The van der Waals surface area contributed by atoms with Gasteiger partial charge in [0.2, 0.25) is 8.32 Å². The first kappa shape index (κ1) is 21.2. The van der Waals surface area contributed by atoms with Crippen LogP contribution < -0.4 is 0 Å². The van der Waals surface area contributed by atoms with Crippen molar-refractivity contribution in [3.8, 4) is 0 Å². The minimum atomic E-state index is -1.80. The lowest BCUT2D eigenvalue weighted by Gasteiger charge is -2.21. The van der Waals surface area contributed by atoms with Gasteiger partial charge in [0.05, 0.1) is 0 Å². The molecule has 0 saturated heterocycles. The maximum atomic E-state index is 5.61. The number of hydrogen-bond acceptors (Lipinski definition) is 3. The van der Waals surface area contributed by atoms with Gasteiger partial charge >= 0.3 is 8.56 Å². The predicted octanol–water partition coefficient (Wildman–Crippen LogP) is 3.99. The molecule has 0 aromatic heterocycles. The highest BCUT2D eigenvalue weighted by Gasteiger charge is 2.27. The molecule has 0 aromatic rings. The molecule has 0 amide bonds. The number of rotatable bonds is 8. The molecule has 0 aliphatic rings. The maximum absolute atomic E-state index is 5.61. The minimum Gasteiger partial charge on any atom is -0.416 e. The van der Waals surface area contributed by atoms with Gasteiger partial charge < -0.3 is 13.3 Å². The molecular weight excluding hydrogens is 307 g/mol. The van der Waals surface area contributed by atoms with Crippen LogP contribution in [0.15, 0.2) is 0 Å². The Morgan fingerprint density at radius 1 is 1.00 bits per heavy atom. The highest BCUT2D eigenvalue weighted by atomic mass is 35.5. The third-order valence-electron chi connectivity index (χ3n) is 2.49. The average molecular weight is 335 g/mol. The molecule has 0 heterocycles. The molecule has 3 nitrogen and oxygen atoms in total. The van der Waals surface area contributed by atoms with Crippen molar-refractivity contribution in [2.45, 2.75) is 39.0 Å². The van der Waals surface area contributed by atoms with Crippen molar-refractivity contribution in [3.05, 3.63) is 0 Å². The molecule has 0 rings (SSSR count). The fourth-order valence-corrected chi connectivity index (χ4v) is 3.95. The van der Waals surface area contributed by atoms with E-state index >= 15 is 0 Å². The van der Waals surface area contributed by atoms with Gasteiger partial charge in [0, 0.05) is 32.2 Å². The van der Waals surface area contributed by atoms with E-state index in [0.29, 0.717) is 11.4 Å². The van der Waals surface area contributed by atoms with Crippen LogP contribution >= 0.6 is 23.2 Å². The molecular formula is C11H28Cl2O3Si2. The Labute approximate surface area is 124 Å². The smallest absolute Gasteiger partial charge is 0.334 e. The molecule has 0 aliphatic heterocycles. The molecule has 0 saturated carbocycles. The van der Waals surface area contributed by atoms with E-state index in [2.05, 4.69) is 13.1 Å². The summed E-state index contributed by atoms with van der Waals surface area (Å²) in [5.74, 6) is 0.690. The third-order valence-corrected chi connectivity index (χ3v) is 9.39. The molecule has 0 fully saturated rings. The Morgan fingerprint density at radius 2 is 1.50 bits per heavy atom. The van der Waals surface area contributed by atoms with E-state index in [1.165, 1.54) is 0 Å². The van der Waals surface area contributed by atoms with Crippen molar-refractivity contribution < 1.29 is 13.3 Å². The second-order valence-electron chi connectivity index (χ2n) is 4.66. The fourth-order valence-electron chi connectivity index (χ4n) is 1.10. The monoisotopic (exact) mass is 334 g/mol. The molecule has 0 N–H and O–H groups in total. The van der Waals surface area contributed by atoms with Crippen molar-refractivity contribution >= 4 is 40.1 Å². The normalized spacial score (nSPS) is 12.0. The molecule has 0 unspecified atom stereocenters. The van der Waals surface area contributed by atoms with Crippen molar-refractivity contribution in [3.63, 3.8) is 0 Å². The summed E-state index contributed by atoms with van der Waals surface area (Å²) in [4.78, 5) is 0. The minimum absolute atomic E-state index is 0.690. The summed E-state index contributed by atoms with van der Waals surface area (Å²) in [6.45, 7) is 9.07. The van der Waals surface area contributed by atoms with Gasteiger partial charge in [-0.1, -0.05) is 0 Å². The Morgan fingerprint density at radius 3 is 1.72 bits per heavy atom. The second kappa shape index (κ2) is 11.7. The molecule has 0 aromatic carbocycles. The summed E-state index contributed by atoms with van der Waals surface area (Å²) in [6, 6.07) is 0.976. The largest absolute Gasteiger partial charge is 0.416 e. The van der Waals surface area contributed by atoms with Crippen molar-refractivity contribution in [2.75, 3.05) is 32.2 Å². The van der Waals surface area contributed by atoms with Crippen LogP contribution in [0.5, 0.6) is 0 Å². The van der Waals surface area contributed by atoms with Gasteiger partial charge in [-0.15, -0.1) is 23.2 Å². The molecule has 0 atom stereocenters. The number of alkyl halides is 2. The van der Waals surface area contributed by atoms with Gasteiger partial charge in [0.1, 0.15) is 0 Å². The Balaban J connectivity index is 0. The first-order chi connectivity index (χ1) is 8.30. The zero-order valence-electron chi connectivity index (χ0n) is 12.5. The lowest BCUT2D eigenvalue weighted by atomic mass is 10.6. The average Bonchev–Trinajstić information content (AvgIpc) is 2.37. The van der Waals surface area contributed by atoms with Gasteiger partial charge in [-0.3, -0.25) is 0 Å². The van der Waals surface area contributed by atoms with Crippen molar-refractivity contribution in [1.82, 2.24) is 0 Å². The predicted molar refractivity (Wildman–Crippen MR) is 85.6 cm³/mol. The summed E-state index contributed by atoms with van der Waals surface area (Å²) in [5.41, 5.74) is 0.695. The maximum Gasteiger partial charge on any atom is 0.334 e. The highest BCUT2D eigenvalue weighted by molar-refractivity contribution is 6.77. The fraction of sp³-hybridized carbons (Fsp3) is 1.00. The van der Waals surface area contributed by atoms with Gasteiger partial charge in [-0.2, -0.15) is 0 Å². The zero-order valence-corrected chi connectivity index (χ0v) is 16.0. The van der Waals surface area contributed by atoms with Crippen molar-refractivity contribution in [2.24, 2.45) is 0 Å². The number of halogens is 2. The van der Waals surface area contributed by atoms with E-state index in [1.54, 1.807) is 14.2 Å². The van der Waals surface area contributed by atoms with Gasteiger partial charge in [0.15, 0.2) is 0 Å².